The third kappa shape index (κ3) is 5.85. The van der Waals surface area contributed by atoms with E-state index in [4.69, 9.17) is 11.1 Å². The van der Waals surface area contributed by atoms with Gasteiger partial charge in [-0.1, -0.05) is 36.4 Å². The lowest BCUT2D eigenvalue weighted by Crippen LogP contribution is -2.09. The predicted molar refractivity (Wildman–Crippen MR) is 121 cm³/mol. The van der Waals surface area contributed by atoms with Gasteiger partial charge in [0.15, 0.2) is 11.6 Å². The zero-order chi connectivity index (χ0) is 20.5. The van der Waals surface area contributed by atoms with Gasteiger partial charge < -0.3 is 21.8 Å². The highest BCUT2D eigenvalue weighted by molar-refractivity contribution is 8.02. The number of hydrogen-bond acceptors (Lipinski definition) is 7. The van der Waals surface area contributed by atoms with E-state index in [1.54, 1.807) is 31.2 Å². The number of rotatable bonds is 9. The van der Waals surface area contributed by atoms with E-state index in [0.29, 0.717) is 29.4 Å². The lowest BCUT2D eigenvalue weighted by atomic mass is 10.1. The number of allylic oxidation sites excluding steroid dienone is 2. The number of thioether (sulfide) groups is 1. The van der Waals surface area contributed by atoms with Gasteiger partial charge in [0, 0.05) is 36.5 Å². The molecule has 6 nitrogen and oxygen atoms in total. The molecule has 0 fully saturated rings. The molecule has 1 aromatic heterocycles. The number of nitrogens with one attached hydrogen (secondary N) is 3. The fourth-order valence-corrected chi connectivity index (χ4v) is 3.30. The number of nitrogens with two attached hydrogens (primary N) is 1. The normalized spacial score (nSPS) is 12.0. The fraction of sp³-hybridized carbons (Fsp3) is 0.286. The quantitative estimate of drug-likeness (QED) is 0.365. The summed E-state index contributed by atoms with van der Waals surface area (Å²) >= 11 is 1.75. The van der Waals surface area contributed by atoms with Crippen LogP contribution in [0.25, 0.3) is 5.57 Å². The maximum Gasteiger partial charge on any atom is 0.169 e. The molecule has 0 saturated heterocycles. The number of benzene rings is 1. The van der Waals surface area contributed by atoms with Crippen LogP contribution in [0.1, 0.15) is 37.1 Å². The van der Waals surface area contributed by atoms with Crippen molar-refractivity contribution in [1.82, 2.24) is 15.3 Å². The molecule has 0 bridgehead atoms. The summed E-state index contributed by atoms with van der Waals surface area (Å²) < 4.78 is 0. The molecular weight excluding hydrogens is 368 g/mol. The van der Waals surface area contributed by atoms with Crippen LogP contribution in [0.15, 0.2) is 46.5 Å². The molecule has 148 valence electrons. The van der Waals surface area contributed by atoms with E-state index in [1.165, 1.54) is 22.2 Å². The molecule has 0 radical (unpaired) electrons. The highest BCUT2D eigenvalue weighted by Gasteiger charge is 2.08. The second kappa shape index (κ2) is 10.5. The van der Waals surface area contributed by atoms with Crippen molar-refractivity contribution in [2.45, 2.75) is 38.6 Å². The van der Waals surface area contributed by atoms with Gasteiger partial charge in [-0.15, -0.1) is 0 Å². The first-order chi connectivity index (χ1) is 13.5. The van der Waals surface area contributed by atoms with Gasteiger partial charge in [0.25, 0.3) is 0 Å². The number of aryl methyl sites for hydroxylation is 1. The van der Waals surface area contributed by atoms with Gasteiger partial charge in [0.1, 0.15) is 0 Å². The minimum absolute atomic E-state index is 0.334. The van der Waals surface area contributed by atoms with Crippen LogP contribution >= 0.6 is 11.8 Å². The maximum absolute atomic E-state index is 7.53. The Morgan fingerprint density at radius 2 is 2.14 bits per heavy atom. The van der Waals surface area contributed by atoms with Crippen LogP contribution in [0.3, 0.4) is 0 Å². The van der Waals surface area contributed by atoms with Crippen LogP contribution in [0.5, 0.6) is 0 Å². The zero-order valence-corrected chi connectivity index (χ0v) is 17.7. The van der Waals surface area contributed by atoms with Gasteiger partial charge in [0.2, 0.25) is 0 Å². The summed E-state index contributed by atoms with van der Waals surface area (Å²) in [5.41, 5.74) is 11.0. The Labute approximate surface area is 171 Å². The molecule has 0 aliphatic rings. The molecule has 7 heteroatoms. The Bertz CT molecular complexity index is 888. The first-order valence-corrected chi connectivity index (χ1v) is 10.0. The van der Waals surface area contributed by atoms with Crippen molar-refractivity contribution in [3.05, 3.63) is 58.4 Å². The van der Waals surface area contributed by atoms with Gasteiger partial charge in [-0.05, 0) is 42.9 Å². The average Bonchev–Trinajstić information content (AvgIpc) is 2.71. The van der Waals surface area contributed by atoms with Gasteiger partial charge in [-0.25, -0.2) is 9.97 Å². The summed E-state index contributed by atoms with van der Waals surface area (Å²) in [6.45, 7) is 7.01. The van der Waals surface area contributed by atoms with Crippen LogP contribution < -0.4 is 16.4 Å². The fourth-order valence-electron chi connectivity index (χ4n) is 2.33. The van der Waals surface area contributed by atoms with E-state index in [-0.39, 0.29) is 0 Å². The monoisotopic (exact) mass is 396 g/mol. The lowest BCUT2D eigenvalue weighted by Gasteiger charge is -2.11. The Hall–Kier alpha value is -2.80. The van der Waals surface area contributed by atoms with Crippen molar-refractivity contribution < 1.29 is 0 Å². The van der Waals surface area contributed by atoms with Crippen LogP contribution in [0.2, 0.25) is 0 Å². The number of aromatic nitrogens is 2. The third-order valence-electron chi connectivity index (χ3n) is 4.21. The van der Waals surface area contributed by atoms with Crippen molar-refractivity contribution in [3.63, 3.8) is 0 Å². The molecule has 0 saturated carbocycles. The Kier molecular flexibility index (Phi) is 8.07. The van der Waals surface area contributed by atoms with Crippen LogP contribution in [-0.4, -0.2) is 23.2 Å². The molecule has 1 aromatic carbocycles. The predicted octanol–water partition coefficient (Wildman–Crippen LogP) is 4.60. The van der Waals surface area contributed by atoms with Crippen molar-refractivity contribution in [2.24, 2.45) is 0 Å². The molecule has 28 heavy (non-hydrogen) atoms. The summed E-state index contributed by atoms with van der Waals surface area (Å²) in [7, 11) is 1.78. The summed E-state index contributed by atoms with van der Waals surface area (Å²) in [6.07, 6.45) is 5.56. The molecule has 0 aliphatic carbocycles. The zero-order valence-electron chi connectivity index (χ0n) is 16.8. The van der Waals surface area contributed by atoms with E-state index >= 15 is 0 Å². The van der Waals surface area contributed by atoms with Gasteiger partial charge in [0.05, 0.1) is 11.9 Å². The number of nitrogens with zero attached hydrogens (tertiary/aromatic N) is 2. The summed E-state index contributed by atoms with van der Waals surface area (Å²) in [6, 6.07) is 6.41. The standard InChI is InChI=1S/C21H28N6S/c1-5-14(2)13-28-19-8-16(7-6-15(19)3)10-26-21-20(23)25-12-18(27-21)17(9-22)11-24-4/h6-9,11-13,22,24H,5,10H2,1-4H3,(H2,23,25)(H,26,27)/b14-13-,17-11+,22-9?. The molecular formula is C21H28N6S. The van der Waals surface area contributed by atoms with E-state index in [9.17, 15) is 0 Å². The molecule has 2 rings (SSSR count). The third-order valence-corrected chi connectivity index (χ3v) is 5.42. The number of hydrogen-bond donors (Lipinski definition) is 4. The van der Waals surface area contributed by atoms with Crippen molar-refractivity contribution >= 4 is 35.2 Å². The largest absolute Gasteiger partial charge is 0.393 e. The van der Waals surface area contributed by atoms with Crippen LogP contribution in [-0.2, 0) is 6.54 Å². The highest BCUT2D eigenvalue weighted by Crippen LogP contribution is 2.27. The smallest absolute Gasteiger partial charge is 0.169 e. The second-order valence-electron chi connectivity index (χ2n) is 6.41. The van der Waals surface area contributed by atoms with Gasteiger partial charge >= 0.3 is 0 Å². The molecule has 0 unspecified atom stereocenters. The molecule has 1 heterocycles. The topological polar surface area (TPSA) is 99.7 Å². The average molecular weight is 397 g/mol. The Morgan fingerprint density at radius 3 is 2.82 bits per heavy atom. The van der Waals surface area contributed by atoms with Crippen LogP contribution in [0, 0.1) is 12.3 Å². The molecule has 0 aliphatic heterocycles. The number of anilines is 2. The molecule has 0 amide bonds. The van der Waals surface area contributed by atoms with E-state index < -0.39 is 0 Å². The Morgan fingerprint density at radius 1 is 1.36 bits per heavy atom. The maximum atomic E-state index is 7.53. The van der Waals surface area contributed by atoms with Crippen molar-refractivity contribution in [3.8, 4) is 0 Å². The van der Waals surface area contributed by atoms with Crippen molar-refractivity contribution in [1.29, 1.82) is 5.41 Å². The van der Waals surface area contributed by atoms with Gasteiger partial charge in [-0.2, -0.15) is 0 Å². The van der Waals surface area contributed by atoms with E-state index in [2.05, 4.69) is 65.0 Å². The lowest BCUT2D eigenvalue weighted by molar-refractivity contribution is 1.06. The molecule has 5 N–H and O–H groups in total. The van der Waals surface area contributed by atoms with Gasteiger partial charge in [-0.3, -0.25) is 0 Å². The van der Waals surface area contributed by atoms with E-state index in [0.717, 1.165) is 12.0 Å². The second-order valence-corrected chi connectivity index (χ2v) is 7.32. The first kappa shape index (κ1) is 21.5. The molecule has 0 spiro atoms. The summed E-state index contributed by atoms with van der Waals surface area (Å²) in [4.78, 5) is 9.96. The first-order valence-electron chi connectivity index (χ1n) is 9.15. The SMILES string of the molecule is CC/C(C)=C\Sc1cc(CNc2nc(/C(C=N)=C/NC)cnc2N)ccc1C. The van der Waals surface area contributed by atoms with E-state index in [1.807, 2.05) is 0 Å². The minimum Gasteiger partial charge on any atom is -0.393 e. The minimum atomic E-state index is 0.334. The Balaban J connectivity index is 2.18. The number of nitrogen functional groups attached to an aromatic ring is 1. The molecule has 0 atom stereocenters. The summed E-state index contributed by atoms with van der Waals surface area (Å²) in [5.74, 6) is 0.846. The highest BCUT2D eigenvalue weighted by atomic mass is 32.2. The summed E-state index contributed by atoms with van der Waals surface area (Å²) in [5, 5.41) is 15.9. The van der Waals surface area contributed by atoms with Crippen molar-refractivity contribution in [2.75, 3.05) is 18.1 Å². The molecule has 2 aromatic rings. The van der Waals surface area contributed by atoms with Crippen LogP contribution in [0.4, 0.5) is 11.6 Å².